The molecule has 1 heterocycles. The van der Waals surface area contributed by atoms with E-state index in [-0.39, 0.29) is 25.3 Å². The first-order valence-corrected chi connectivity index (χ1v) is 7.08. The van der Waals surface area contributed by atoms with Crippen molar-refractivity contribution in [3.8, 4) is 0 Å². The number of piperidine rings is 1. The van der Waals surface area contributed by atoms with Gasteiger partial charge in [-0.3, -0.25) is 0 Å². The lowest BCUT2D eigenvalue weighted by molar-refractivity contribution is 0.0732. The average molecular weight is 274 g/mol. The summed E-state index contributed by atoms with van der Waals surface area (Å²) < 4.78 is 5.04. The molecule has 3 N–H and O–H groups in total. The molecule has 1 fully saturated rings. The Balaban J connectivity index is 2.49. The minimum atomic E-state index is -0.279. The molecule has 6 nitrogen and oxygen atoms in total. The number of hydrogen-bond donors (Lipinski definition) is 3. The van der Waals surface area contributed by atoms with Crippen LogP contribution >= 0.6 is 0 Å². The van der Waals surface area contributed by atoms with Gasteiger partial charge in [-0.1, -0.05) is 0 Å². The standard InChI is InChI=1S/C13H26N2O4/c1-2-19-13(18)15-9-11(4-7-17)8-12(10-15)14-5-3-6-16/h11-12,14,16-17H,2-10H2,1H3. The van der Waals surface area contributed by atoms with Gasteiger partial charge in [0, 0.05) is 32.3 Å². The van der Waals surface area contributed by atoms with Crippen LogP contribution in [0.2, 0.25) is 0 Å². The van der Waals surface area contributed by atoms with E-state index in [0.717, 1.165) is 13.0 Å². The Kier molecular flexibility index (Phi) is 7.78. The van der Waals surface area contributed by atoms with Crippen molar-refractivity contribution in [3.63, 3.8) is 0 Å². The predicted molar refractivity (Wildman–Crippen MR) is 71.9 cm³/mol. The summed E-state index contributed by atoms with van der Waals surface area (Å²) >= 11 is 0. The van der Waals surface area contributed by atoms with Gasteiger partial charge in [0.2, 0.25) is 0 Å². The lowest BCUT2D eigenvalue weighted by Crippen LogP contribution is -2.51. The highest BCUT2D eigenvalue weighted by atomic mass is 16.6. The molecular weight excluding hydrogens is 248 g/mol. The van der Waals surface area contributed by atoms with Crippen molar-refractivity contribution in [3.05, 3.63) is 0 Å². The monoisotopic (exact) mass is 274 g/mol. The molecule has 1 amide bonds. The molecule has 2 unspecified atom stereocenters. The maximum absolute atomic E-state index is 11.8. The van der Waals surface area contributed by atoms with Crippen LogP contribution < -0.4 is 5.32 Å². The van der Waals surface area contributed by atoms with E-state index in [1.165, 1.54) is 0 Å². The molecule has 0 aromatic heterocycles. The number of aliphatic hydroxyl groups excluding tert-OH is 2. The van der Waals surface area contributed by atoms with Crippen LogP contribution in [0.5, 0.6) is 0 Å². The van der Waals surface area contributed by atoms with Gasteiger partial charge < -0.3 is 25.2 Å². The normalized spacial score (nSPS) is 23.4. The highest BCUT2D eigenvalue weighted by Crippen LogP contribution is 2.20. The summed E-state index contributed by atoms with van der Waals surface area (Å²) in [5, 5.41) is 21.2. The Labute approximate surface area is 114 Å². The minimum Gasteiger partial charge on any atom is -0.450 e. The number of amides is 1. The zero-order valence-electron chi connectivity index (χ0n) is 11.7. The summed E-state index contributed by atoms with van der Waals surface area (Å²) in [5.41, 5.74) is 0. The van der Waals surface area contributed by atoms with Gasteiger partial charge in [-0.05, 0) is 38.6 Å². The number of nitrogens with one attached hydrogen (secondary N) is 1. The van der Waals surface area contributed by atoms with E-state index in [1.807, 2.05) is 0 Å². The van der Waals surface area contributed by atoms with Crippen LogP contribution in [-0.4, -0.2) is 66.7 Å². The van der Waals surface area contributed by atoms with Crippen LogP contribution in [0.1, 0.15) is 26.2 Å². The fraction of sp³-hybridized carbons (Fsp3) is 0.923. The second-order valence-electron chi connectivity index (χ2n) is 4.95. The maximum Gasteiger partial charge on any atom is 0.409 e. The number of carbonyl (C=O) groups excluding carboxylic acids is 1. The molecule has 19 heavy (non-hydrogen) atoms. The molecule has 0 bridgehead atoms. The lowest BCUT2D eigenvalue weighted by atomic mass is 9.92. The van der Waals surface area contributed by atoms with Crippen LogP contribution in [0.3, 0.4) is 0 Å². The molecule has 2 atom stereocenters. The van der Waals surface area contributed by atoms with Gasteiger partial charge in [-0.2, -0.15) is 0 Å². The van der Waals surface area contributed by atoms with E-state index < -0.39 is 0 Å². The summed E-state index contributed by atoms with van der Waals surface area (Å²) in [4.78, 5) is 13.5. The van der Waals surface area contributed by atoms with Gasteiger partial charge >= 0.3 is 6.09 Å². The van der Waals surface area contributed by atoms with Crippen LogP contribution in [0.25, 0.3) is 0 Å². The number of nitrogens with zero attached hydrogens (tertiary/aromatic N) is 1. The summed E-state index contributed by atoms with van der Waals surface area (Å²) in [5.74, 6) is 0.301. The predicted octanol–water partition coefficient (Wildman–Crippen LogP) is 0.188. The van der Waals surface area contributed by atoms with Crippen molar-refractivity contribution in [2.75, 3.05) is 39.5 Å². The van der Waals surface area contributed by atoms with E-state index in [2.05, 4.69) is 5.32 Å². The van der Waals surface area contributed by atoms with E-state index in [0.29, 0.717) is 38.5 Å². The van der Waals surface area contributed by atoms with Gasteiger partial charge in [-0.25, -0.2) is 4.79 Å². The van der Waals surface area contributed by atoms with Crippen molar-refractivity contribution < 1.29 is 19.7 Å². The van der Waals surface area contributed by atoms with Crippen LogP contribution in [0, 0.1) is 5.92 Å². The third kappa shape index (κ3) is 5.76. The highest BCUT2D eigenvalue weighted by molar-refractivity contribution is 5.67. The highest BCUT2D eigenvalue weighted by Gasteiger charge is 2.30. The number of carbonyl (C=O) groups is 1. The average Bonchev–Trinajstić information content (AvgIpc) is 2.39. The molecule has 0 aromatic carbocycles. The van der Waals surface area contributed by atoms with Crippen molar-refractivity contribution in [1.29, 1.82) is 0 Å². The summed E-state index contributed by atoms with van der Waals surface area (Å²) in [6.07, 6.45) is 2.08. The minimum absolute atomic E-state index is 0.144. The molecule has 112 valence electrons. The number of rotatable bonds is 7. The Morgan fingerprint density at radius 3 is 2.79 bits per heavy atom. The zero-order chi connectivity index (χ0) is 14.1. The van der Waals surface area contributed by atoms with Crippen LogP contribution in [0.15, 0.2) is 0 Å². The zero-order valence-corrected chi connectivity index (χ0v) is 11.7. The van der Waals surface area contributed by atoms with Gasteiger partial charge in [0.1, 0.15) is 0 Å². The molecular formula is C13H26N2O4. The SMILES string of the molecule is CCOC(=O)N1CC(CCO)CC(NCCCO)C1. The fourth-order valence-corrected chi connectivity index (χ4v) is 2.49. The summed E-state index contributed by atoms with van der Waals surface area (Å²) in [6, 6.07) is 0.209. The van der Waals surface area contributed by atoms with Crippen LogP contribution in [-0.2, 0) is 4.74 Å². The number of likely N-dealkylation sites (tertiary alicyclic amines) is 1. The third-order valence-corrected chi connectivity index (χ3v) is 3.37. The molecule has 6 heteroatoms. The summed E-state index contributed by atoms with van der Waals surface area (Å²) in [6.45, 7) is 4.51. The molecule has 1 rings (SSSR count). The first-order valence-electron chi connectivity index (χ1n) is 7.08. The third-order valence-electron chi connectivity index (χ3n) is 3.37. The number of hydrogen-bond acceptors (Lipinski definition) is 5. The molecule has 1 aliphatic rings. The molecule has 0 aromatic rings. The lowest BCUT2D eigenvalue weighted by Gasteiger charge is -2.37. The Bertz CT molecular complexity index is 263. The van der Waals surface area contributed by atoms with Gasteiger partial charge in [0.25, 0.3) is 0 Å². The molecule has 0 aliphatic carbocycles. The smallest absolute Gasteiger partial charge is 0.409 e. The first-order chi connectivity index (χ1) is 9.21. The maximum atomic E-state index is 11.8. The molecule has 1 saturated heterocycles. The number of ether oxygens (including phenoxy) is 1. The van der Waals surface area contributed by atoms with E-state index in [1.54, 1.807) is 11.8 Å². The second-order valence-corrected chi connectivity index (χ2v) is 4.95. The molecule has 0 radical (unpaired) electrons. The Morgan fingerprint density at radius 1 is 1.37 bits per heavy atom. The van der Waals surface area contributed by atoms with E-state index >= 15 is 0 Å². The van der Waals surface area contributed by atoms with Crippen molar-refractivity contribution in [2.24, 2.45) is 5.92 Å². The number of aliphatic hydroxyl groups is 2. The summed E-state index contributed by atoms with van der Waals surface area (Å²) in [7, 11) is 0. The van der Waals surface area contributed by atoms with Gasteiger partial charge in [-0.15, -0.1) is 0 Å². The quantitative estimate of drug-likeness (QED) is 0.577. The topological polar surface area (TPSA) is 82.0 Å². The molecule has 0 spiro atoms. The van der Waals surface area contributed by atoms with Gasteiger partial charge in [0.05, 0.1) is 6.61 Å². The van der Waals surface area contributed by atoms with Crippen molar-refractivity contribution >= 4 is 6.09 Å². The molecule has 0 saturated carbocycles. The van der Waals surface area contributed by atoms with Gasteiger partial charge in [0.15, 0.2) is 0 Å². The van der Waals surface area contributed by atoms with Crippen molar-refractivity contribution in [1.82, 2.24) is 10.2 Å². The van der Waals surface area contributed by atoms with E-state index in [4.69, 9.17) is 14.9 Å². The second kappa shape index (κ2) is 9.12. The first kappa shape index (κ1) is 16.2. The Hall–Kier alpha value is -0.850. The molecule has 1 aliphatic heterocycles. The van der Waals surface area contributed by atoms with Crippen LogP contribution in [0.4, 0.5) is 4.79 Å². The van der Waals surface area contributed by atoms with Crippen molar-refractivity contribution in [2.45, 2.75) is 32.2 Å². The Morgan fingerprint density at radius 2 is 2.16 bits per heavy atom. The largest absolute Gasteiger partial charge is 0.450 e. The van der Waals surface area contributed by atoms with E-state index in [9.17, 15) is 4.79 Å². The fourth-order valence-electron chi connectivity index (χ4n) is 2.49.